The summed E-state index contributed by atoms with van der Waals surface area (Å²) in [6.07, 6.45) is 0. The SMILES string of the molecule is COc1cc2c3sc4ccc(C(C)C)cc4c3cc3c(OC)cc4c5sc6ccc(C(C)C)cc6c5cc1c4c32. The molecule has 6 aromatic carbocycles. The van der Waals surface area contributed by atoms with Crippen molar-refractivity contribution in [2.45, 2.75) is 39.5 Å². The van der Waals surface area contributed by atoms with Gasteiger partial charge < -0.3 is 9.47 Å². The van der Waals surface area contributed by atoms with Gasteiger partial charge in [0.15, 0.2) is 0 Å². The number of rotatable bonds is 4. The van der Waals surface area contributed by atoms with Gasteiger partial charge >= 0.3 is 0 Å². The highest BCUT2D eigenvalue weighted by molar-refractivity contribution is 7.27. The summed E-state index contributed by atoms with van der Waals surface area (Å²) in [5.41, 5.74) is 2.74. The zero-order valence-electron chi connectivity index (χ0n) is 23.6. The lowest BCUT2D eigenvalue weighted by molar-refractivity contribution is 0.419. The lowest BCUT2D eigenvalue weighted by Gasteiger charge is -2.18. The molecule has 0 spiro atoms. The monoisotopic (exact) mass is 558 g/mol. The number of hydrogen-bond donors (Lipinski definition) is 0. The van der Waals surface area contributed by atoms with E-state index < -0.39 is 0 Å². The number of ether oxygens (including phenoxy) is 2. The van der Waals surface area contributed by atoms with Crippen molar-refractivity contribution in [3.8, 4) is 11.5 Å². The van der Waals surface area contributed by atoms with Crippen molar-refractivity contribution in [3.63, 3.8) is 0 Å². The lowest BCUT2D eigenvalue weighted by atomic mass is 9.90. The Balaban J connectivity index is 1.60. The third kappa shape index (κ3) is 3.15. The second kappa shape index (κ2) is 8.45. The van der Waals surface area contributed by atoms with Crippen molar-refractivity contribution < 1.29 is 9.47 Å². The fourth-order valence-corrected chi connectivity index (χ4v) is 8.95. The smallest absolute Gasteiger partial charge is 0.127 e. The minimum atomic E-state index is 0.486. The molecule has 0 fully saturated rings. The van der Waals surface area contributed by atoms with Gasteiger partial charge in [-0.2, -0.15) is 0 Å². The zero-order valence-corrected chi connectivity index (χ0v) is 25.2. The molecule has 8 aromatic rings. The first-order valence-corrected chi connectivity index (χ1v) is 15.6. The molecular formula is C36H30O2S2. The van der Waals surface area contributed by atoms with E-state index in [1.807, 2.05) is 22.7 Å². The maximum absolute atomic E-state index is 6.14. The molecule has 0 saturated carbocycles. The van der Waals surface area contributed by atoms with Crippen LogP contribution in [0.2, 0.25) is 0 Å². The van der Waals surface area contributed by atoms with Crippen LogP contribution in [0.25, 0.3) is 72.7 Å². The molecule has 4 heteroatoms. The summed E-state index contributed by atoms with van der Waals surface area (Å²) in [5.74, 6) is 2.83. The molecule has 0 aliphatic carbocycles. The summed E-state index contributed by atoms with van der Waals surface area (Å²) in [6.45, 7) is 9.05. The Morgan fingerprint density at radius 2 is 0.900 bits per heavy atom. The molecule has 0 aliphatic rings. The maximum atomic E-state index is 6.14. The topological polar surface area (TPSA) is 18.5 Å². The van der Waals surface area contributed by atoms with Crippen LogP contribution in [0, 0.1) is 0 Å². The summed E-state index contributed by atoms with van der Waals surface area (Å²) < 4.78 is 17.5. The molecule has 8 rings (SSSR count). The predicted molar refractivity (Wildman–Crippen MR) is 177 cm³/mol. The van der Waals surface area contributed by atoms with Crippen molar-refractivity contribution in [3.05, 3.63) is 71.8 Å². The van der Waals surface area contributed by atoms with Gasteiger partial charge in [0.1, 0.15) is 11.5 Å². The minimum Gasteiger partial charge on any atom is -0.496 e. The van der Waals surface area contributed by atoms with Crippen LogP contribution < -0.4 is 9.47 Å². The molecule has 0 unspecified atom stereocenters. The summed E-state index contributed by atoms with van der Waals surface area (Å²) in [5, 5.41) is 12.6. The summed E-state index contributed by atoms with van der Waals surface area (Å²) in [7, 11) is 3.60. The fraction of sp³-hybridized carbons (Fsp3) is 0.222. The molecule has 0 saturated heterocycles. The normalized spacial score (nSPS) is 12.7. The van der Waals surface area contributed by atoms with E-state index in [4.69, 9.17) is 9.47 Å². The van der Waals surface area contributed by atoms with Crippen molar-refractivity contribution in [1.82, 2.24) is 0 Å². The zero-order chi connectivity index (χ0) is 27.4. The number of thiophene rings is 2. The quantitative estimate of drug-likeness (QED) is 0.200. The van der Waals surface area contributed by atoms with Crippen molar-refractivity contribution in [2.75, 3.05) is 14.2 Å². The van der Waals surface area contributed by atoms with Crippen LogP contribution in [0.5, 0.6) is 11.5 Å². The molecule has 2 aromatic heterocycles. The van der Waals surface area contributed by atoms with Gasteiger partial charge in [0.25, 0.3) is 0 Å². The Kier molecular flexibility index (Phi) is 5.12. The van der Waals surface area contributed by atoms with Gasteiger partial charge in [0.2, 0.25) is 0 Å². The van der Waals surface area contributed by atoms with Gasteiger partial charge in [-0.15, -0.1) is 22.7 Å². The van der Waals surface area contributed by atoms with Crippen molar-refractivity contribution in [2.24, 2.45) is 0 Å². The van der Waals surface area contributed by atoms with Gasteiger partial charge in [-0.1, -0.05) is 39.8 Å². The molecule has 2 heterocycles. The van der Waals surface area contributed by atoms with E-state index in [1.54, 1.807) is 14.2 Å². The third-order valence-corrected chi connectivity index (χ3v) is 11.2. The molecule has 198 valence electrons. The minimum absolute atomic E-state index is 0.486. The van der Waals surface area contributed by atoms with Crippen molar-refractivity contribution >= 4 is 95.3 Å². The standard InChI is InChI=1S/C36H30O2S2/c1-17(2)19-7-9-31-21(11-19)23-13-25-29(37-5)16-28-34-26(30(38-6)15-27(33(25)34)35(23)39-31)14-24-22-12-20(18(3)4)8-10-32(22)40-36(24)28/h7-18H,1-6H3. The fourth-order valence-electron chi connectivity index (χ4n) is 6.58. The Morgan fingerprint density at radius 1 is 0.475 bits per heavy atom. The van der Waals surface area contributed by atoms with Crippen molar-refractivity contribution in [1.29, 1.82) is 0 Å². The van der Waals surface area contributed by atoms with Gasteiger partial charge in [0.05, 0.1) is 14.2 Å². The number of fused-ring (bicyclic) bond motifs is 8. The van der Waals surface area contributed by atoms with E-state index in [0.717, 1.165) is 11.5 Å². The Morgan fingerprint density at radius 3 is 1.27 bits per heavy atom. The summed E-state index contributed by atoms with van der Waals surface area (Å²) in [6, 6.07) is 23.2. The Labute approximate surface area is 241 Å². The van der Waals surface area contributed by atoms with Crippen LogP contribution in [0.3, 0.4) is 0 Å². The second-order valence-corrected chi connectivity index (χ2v) is 13.7. The first-order valence-electron chi connectivity index (χ1n) is 14.0. The molecule has 0 aliphatic heterocycles. The van der Waals surface area contributed by atoms with Crippen LogP contribution >= 0.6 is 22.7 Å². The van der Waals surface area contributed by atoms with Crippen LogP contribution in [0.1, 0.15) is 50.7 Å². The first kappa shape index (κ1) is 24.2. The lowest BCUT2D eigenvalue weighted by Crippen LogP contribution is -1.93. The largest absolute Gasteiger partial charge is 0.496 e. The van der Waals surface area contributed by atoms with Gasteiger partial charge in [-0.25, -0.2) is 0 Å². The summed E-state index contributed by atoms with van der Waals surface area (Å²) >= 11 is 3.77. The molecule has 0 amide bonds. The van der Waals surface area contributed by atoms with E-state index in [9.17, 15) is 0 Å². The predicted octanol–water partition coefficient (Wildman–Crippen LogP) is 11.6. The average Bonchev–Trinajstić information content (AvgIpc) is 3.52. The van der Waals surface area contributed by atoms with E-state index in [2.05, 4.69) is 88.4 Å². The second-order valence-electron chi connectivity index (χ2n) is 11.6. The van der Waals surface area contributed by atoms with E-state index >= 15 is 0 Å². The molecule has 0 atom stereocenters. The highest BCUT2D eigenvalue weighted by Gasteiger charge is 2.23. The van der Waals surface area contributed by atoms with Crippen LogP contribution in [-0.2, 0) is 0 Å². The molecule has 0 bridgehead atoms. The molecule has 0 N–H and O–H groups in total. The van der Waals surface area contributed by atoms with Gasteiger partial charge in [-0.3, -0.25) is 0 Å². The highest BCUT2D eigenvalue weighted by atomic mass is 32.1. The molecule has 40 heavy (non-hydrogen) atoms. The van der Waals surface area contributed by atoms with E-state index in [1.165, 1.54) is 83.8 Å². The Hall–Kier alpha value is -3.60. The summed E-state index contributed by atoms with van der Waals surface area (Å²) in [4.78, 5) is 0. The van der Waals surface area contributed by atoms with E-state index in [-0.39, 0.29) is 0 Å². The number of benzene rings is 6. The Bertz CT molecular complexity index is 2130. The van der Waals surface area contributed by atoms with Crippen LogP contribution in [-0.4, -0.2) is 14.2 Å². The van der Waals surface area contributed by atoms with Crippen LogP contribution in [0.4, 0.5) is 0 Å². The number of hydrogen-bond acceptors (Lipinski definition) is 4. The highest BCUT2D eigenvalue weighted by Crippen LogP contribution is 2.52. The maximum Gasteiger partial charge on any atom is 0.127 e. The van der Waals surface area contributed by atoms with Crippen LogP contribution in [0.15, 0.2) is 60.7 Å². The average molecular weight is 559 g/mol. The van der Waals surface area contributed by atoms with Gasteiger partial charge in [0, 0.05) is 72.7 Å². The molecule has 0 radical (unpaired) electrons. The third-order valence-electron chi connectivity index (χ3n) is 8.75. The number of methoxy groups -OCH3 is 2. The molecule has 2 nitrogen and oxygen atoms in total. The molecular weight excluding hydrogens is 529 g/mol. The first-order chi connectivity index (χ1) is 19.4. The van der Waals surface area contributed by atoms with E-state index in [0.29, 0.717) is 11.8 Å². The van der Waals surface area contributed by atoms with Gasteiger partial charge in [-0.05, 0) is 71.5 Å².